The van der Waals surface area contributed by atoms with Gasteiger partial charge >= 0.3 is 0 Å². The van der Waals surface area contributed by atoms with Crippen LogP contribution in [0.5, 0.6) is 0 Å². The molecular formula is C8H16N2O2. The van der Waals surface area contributed by atoms with Crippen LogP contribution in [-0.4, -0.2) is 25.4 Å². The highest BCUT2D eigenvalue weighted by atomic mass is 16.1. The van der Waals surface area contributed by atoms with Gasteiger partial charge in [0.15, 0.2) is 0 Å². The topological polar surface area (TPSA) is 58.2 Å². The van der Waals surface area contributed by atoms with Crippen molar-refractivity contribution in [2.24, 2.45) is 0 Å². The minimum atomic E-state index is 0.0598. The molecule has 0 saturated heterocycles. The zero-order valence-electron chi connectivity index (χ0n) is 7.43. The number of hydrogen-bond donors (Lipinski definition) is 2. The molecule has 4 heteroatoms. The van der Waals surface area contributed by atoms with E-state index in [1.807, 2.05) is 6.92 Å². The molecule has 2 amide bonds. The first kappa shape index (κ1) is 10.9. The van der Waals surface area contributed by atoms with Gasteiger partial charge in [0, 0.05) is 19.5 Å². The molecule has 0 saturated carbocycles. The predicted octanol–water partition coefficient (Wildman–Crippen LogP) is 0.0388. The summed E-state index contributed by atoms with van der Waals surface area (Å²) in [5.74, 6) is 0.0598. The maximum Gasteiger partial charge on any atom is 0.220 e. The van der Waals surface area contributed by atoms with Crippen molar-refractivity contribution in [3.8, 4) is 0 Å². The van der Waals surface area contributed by atoms with E-state index in [9.17, 15) is 9.59 Å². The van der Waals surface area contributed by atoms with Gasteiger partial charge in [-0.1, -0.05) is 6.92 Å². The molecule has 0 aliphatic rings. The molecular weight excluding hydrogens is 156 g/mol. The van der Waals surface area contributed by atoms with E-state index in [4.69, 9.17) is 0 Å². The van der Waals surface area contributed by atoms with Crippen molar-refractivity contribution in [2.45, 2.75) is 26.2 Å². The molecule has 0 bridgehead atoms. The lowest BCUT2D eigenvalue weighted by atomic mass is 10.3. The van der Waals surface area contributed by atoms with Crippen LogP contribution in [0.15, 0.2) is 0 Å². The lowest BCUT2D eigenvalue weighted by Gasteiger charge is -2.02. The van der Waals surface area contributed by atoms with Crippen LogP contribution in [-0.2, 0) is 9.59 Å². The maximum absolute atomic E-state index is 10.9. The molecule has 0 heterocycles. The summed E-state index contributed by atoms with van der Waals surface area (Å²) >= 11 is 0. The monoisotopic (exact) mass is 172 g/mol. The van der Waals surface area contributed by atoms with Crippen LogP contribution in [0.3, 0.4) is 0 Å². The smallest absolute Gasteiger partial charge is 0.220 e. The Morgan fingerprint density at radius 2 is 2.17 bits per heavy atom. The minimum Gasteiger partial charge on any atom is -0.359 e. The maximum atomic E-state index is 10.9. The number of nitrogens with one attached hydrogen (secondary N) is 2. The summed E-state index contributed by atoms with van der Waals surface area (Å²) in [7, 11) is 0. The van der Waals surface area contributed by atoms with E-state index in [-0.39, 0.29) is 5.91 Å². The van der Waals surface area contributed by atoms with Gasteiger partial charge in [0.25, 0.3) is 0 Å². The Morgan fingerprint density at radius 3 is 2.75 bits per heavy atom. The molecule has 70 valence electrons. The van der Waals surface area contributed by atoms with Crippen molar-refractivity contribution in [2.75, 3.05) is 13.1 Å². The van der Waals surface area contributed by atoms with Gasteiger partial charge in [-0.2, -0.15) is 0 Å². The Balaban J connectivity index is 3.13. The Hall–Kier alpha value is -1.06. The summed E-state index contributed by atoms with van der Waals surface area (Å²) in [6, 6.07) is 0. The molecule has 0 aromatic rings. The average Bonchev–Trinajstić information content (AvgIpc) is 2.09. The summed E-state index contributed by atoms with van der Waals surface area (Å²) in [5, 5.41) is 5.25. The first-order chi connectivity index (χ1) is 5.81. The number of rotatable bonds is 7. The largest absolute Gasteiger partial charge is 0.359 e. The Morgan fingerprint density at radius 1 is 1.42 bits per heavy atom. The van der Waals surface area contributed by atoms with Crippen LogP contribution >= 0.6 is 0 Å². The normalized spacial score (nSPS) is 9.08. The molecule has 0 unspecified atom stereocenters. The van der Waals surface area contributed by atoms with E-state index in [1.54, 1.807) is 0 Å². The third-order valence-corrected chi connectivity index (χ3v) is 1.38. The van der Waals surface area contributed by atoms with E-state index in [2.05, 4.69) is 10.6 Å². The molecule has 0 atom stereocenters. The van der Waals surface area contributed by atoms with Crippen LogP contribution in [0, 0.1) is 0 Å². The molecule has 0 spiro atoms. The summed E-state index contributed by atoms with van der Waals surface area (Å²) in [6.07, 6.45) is 2.79. The molecule has 0 aromatic carbocycles. The van der Waals surface area contributed by atoms with Crippen molar-refractivity contribution in [3.05, 3.63) is 0 Å². The standard InChI is InChI=1S/C8H16N2O2/c1-2-5-10-8(12)4-3-6-9-7-11/h7H,2-6H2,1H3,(H,9,11)(H,10,12). The molecule has 4 nitrogen and oxygen atoms in total. The molecule has 0 radical (unpaired) electrons. The Labute approximate surface area is 72.7 Å². The summed E-state index contributed by atoms with van der Waals surface area (Å²) in [4.78, 5) is 20.7. The van der Waals surface area contributed by atoms with Gasteiger partial charge in [-0.05, 0) is 12.8 Å². The highest BCUT2D eigenvalue weighted by Crippen LogP contribution is 1.86. The fourth-order valence-corrected chi connectivity index (χ4v) is 0.763. The Bertz CT molecular complexity index is 137. The van der Waals surface area contributed by atoms with Crippen molar-refractivity contribution in [1.82, 2.24) is 10.6 Å². The van der Waals surface area contributed by atoms with E-state index in [0.29, 0.717) is 25.8 Å². The van der Waals surface area contributed by atoms with Gasteiger partial charge in [0.2, 0.25) is 12.3 Å². The SMILES string of the molecule is CCCNC(=O)CCCNC=O. The van der Waals surface area contributed by atoms with E-state index in [0.717, 1.165) is 13.0 Å². The average molecular weight is 172 g/mol. The number of carbonyl (C=O) groups excluding carboxylic acids is 2. The van der Waals surface area contributed by atoms with Crippen LogP contribution in [0.4, 0.5) is 0 Å². The van der Waals surface area contributed by atoms with Crippen LogP contribution in [0.25, 0.3) is 0 Å². The van der Waals surface area contributed by atoms with Gasteiger partial charge in [-0.3, -0.25) is 9.59 Å². The van der Waals surface area contributed by atoms with Gasteiger partial charge in [0.05, 0.1) is 0 Å². The fourth-order valence-electron chi connectivity index (χ4n) is 0.763. The molecule has 0 aliphatic heterocycles. The zero-order valence-corrected chi connectivity index (χ0v) is 7.43. The first-order valence-corrected chi connectivity index (χ1v) is 4.25. The second kappa shape index (κ2) is 8.04. The summed E-state index contributed by atoms with van der Waals surface area (Å²) < 4.78 is 0. The van der Waals surface area contributed by atoms with Crippen molar-refractivity contribution < 1.29 is 9.59 Å². The second-order valence-electron chi connectivity index (χ2n) is 2.53. The Kier molecular flexibility index (Phi) is 7.33. The van der Waals surface area contributed by atoms with Crippen LogP contribution in [0.2, 0.25) is 0 Å². The molecule has 0 fully saturated rings. The molecule has 2 N–H and O–H groups in total. The third kappa shape index (κ3) is 7.05. The fraction of sp³-hybridized carbons (Fsp3) is 0.750. The molecule has 0 aromatic heterocycles. The number of hydrogen-bond acceptors (Lipinski definition) is 2. The van der Waals surface area contributed by atoms with Gasteiger partial charge < -0.3 is 10.6 Å². The van der Waals surface area contributed by atoms with Gasteiger partial charge in [-0.25, -0.2) is 0 Å². The lowest BCUT2D eigenvalue weighted by molar-refractivity contribution is -0.121. The van der Waals surface area contributed by atoms with E-state index in [1.165, 1.54) is 0 Å². The zero-order chi connectivity index (χ0) is 9.23. The summed E-state index contributed by atoms with van der Waals surface area (Å²) in [6.45, 7) is 3.32. The highest BCUT2D eigenvalue weighted by molar-refractivity contribution is 5.75. The van der Waals surface area contributed by atoms with Crippen LogP contribution < -0.4 is 10.6 Å². The van der Waals surface area contributed by atoms with E-state index >= 15 is 0 Å². The summed E-state index contributed by atoms with van der Waals surface area (Å²) in [5.41, 5.74) is 0. The minimum absolute atomic E-state index is 0.0598. The third-order valence-electron chi connectivity index (χ3n) is 1.38. The quantitative estimate of drug-likeness (QED) is 0.421. The van der Waals surface area contributed by atoms with Crippen molar-refractivity contribution in [1.29, 1.82) is 0 Å². The number of amides is 2. The van der Waals surface area contributed by atoms with Gasteiger partial charge in [-0.15, -0.1) is 0 Å². The first-order valence-electron chi connectivity index (χ1n) is 4.25. The van der Waals surface area contributed by atoms with Crippen molar-refractivity contribution >= 4 is 12.3 Å². The molecule has 0 rings (SSSR count). The van der Waals surface area contributed by atoms with Crippen LogP contribution in [0.1, 0.15) is 26.2 Å². The predicted molar refractivity (Wildman–Crippen MR) is 46.6 cm³/mol. The second-order valence-corrected chi connectivity index (χ2v) is 2.53. The van der Waals surface area contributed by atoms with E-state index < -0.39 is 0 Å². The molecule has 12 heavy (non-hydrogen) atoms. The van der Waals surface area contributed by atoms with Crippen molar-refractivity contribution in [3.63, 3.8) is 0 Å². The molecule has 0 aliphatic carbocycles. The highest BCUT2D eigenvalue weighted by Gasteiger charge is 1.97. The number of carbonyl (C=O) groups is 2. The lowest BCUT2D eigenvalue weighted by Crippen LogP contribution is -2.24. The van der Waals surface area contributed by atoms with Gasteiger partial charge in [0.1, 0.15) is 0 Å².